The second-order valence-electron chi connectivity index (χ2n) is 9.53. The molecule has 0 saturated carbocycles. The minimum atomic E-state index is -0.234. The summed E-state index contributed by atoms with van der Waals surface area (Å²) < 4.78 is 2.26. The van der Waals surface area contributed by atoms with Crippen LogP contribution in [-0.4, -0.2) is 40.1 Å². The van der Waals surface area contributed by atoms with E-state index in [-0.39, 0.29) is 6.03 Å². The zero-order chi connectivity index (χ0) is 24.0. The molecule has 0 radical (unpaired) electrons. The van der Waals surface area contributed by atoms with E-state index in [0.717, 1.165) is 35.8 Å². The van der Waals surface area contributed by atoms with Crippen molar-refractivity contribution in [3.8, 4) is 5.69 Å². The number of pyridine rings is 1. The Bertz CT molecular complexity index is 1260. The van der Waals surface area contributed by atoms with Gasteiger partial charge in [0.25, 0.3) is 0 Å². The molecule has 1 saturated heterocycles. The van der Waals surface area contributed by atoms with Crippen LogP contribution in [0.3, 0.4) is 0 Å². The molecule has 180 valence electrons. The van der Waals surface area contributed by atoms with Crippen LogP contribution >= 0.6 is 0 Å². The van der Waals surface area contributed by atoms with Crippen LogP contribution in [-0.2, 0) is 13.0 Å². The van der Waals surface area contributed by atoms with Crippen molar-refractivity contribution in [3.05, 3.63) is 90.4 Å². The molecule has 2 aromatic carbocycles. The van der Waals surface area contributed by atoms with Gasteiger partial charge in [-0.2, -0.15) is 0 Å². The molecule has 2 amide bonds. The first-order valence-electron chi connectivity index (χ1n) is 12.5. The van der Waals surface area contributed by atoms with Gasteiger partial charge in [-0.1, -0.05) is 31.2 Å². The summed E-state index contributed by atoms with van der Waals surface area (Å²) in [6.45, 7) is 6.33. The van der Waals surface area contributed by atoms with Crippen molar-refractivity contribution in [1.29, 1.82) is 0 Å². The van der Waals surface area contributed by atoms with Crippen LogP contribution in [0.1, 0.15) is 30.9 Å². The number of nitrogens with one attached hydrogen (secondary N) is 2. The number of hydrogen-bond donors (Lipinski definition) is 2. The van der Waals surface area contributed by atoms with Gasteiger partial charge < -0.3 is 20.1 Å². The van der Waals surface area contributed by atoms with Crippen molar-refractivity contribution in [2.24, 2.45) is 5.92 Å². The highest BCUT2D eigenvalue weighted by atomic mass is 16.2. The number of piperidine rings is 1. The molecule has 1 aliphatic heterocycles. The molecule has 3 heterocycles. The van der Waals surface area contributed by atoms with Crippen molar-refractivity contribution in [2.75, 3.05) is 25.0 Å². The minimum Gasteiger partial charge on any atom is -0.334 e. The minimum absolute atomic E-state index is 0.234. The van der Waals surface area contributed by atoms with Crippen molar-refractivity contribution in [1.82, 2.24) is 19.8 Å². The van der Waals surface area contributed by atoms with Crippen LogP contribution in [0, 0.1) is 5.92 Å². The van der Waals surface area contributed by atoms with E-state index in [0.29, 0.717) is 6.54 Å². The molecule has 1 aliphatic rings. The Morgan fingerprint density at radius 2 is 1.83 bits per heavy atom. The van der Waals surface area contributed by atoms with Gasteiger partial charge >= 0.3 is 6.03 Å². The van der Waals surface area contributed by atoms with Crippen molar-refractivity contribution in [2.45, 2.75) is 32.7 Å². The summed E-state index contributed by atoms with van der Waals surface area (Å²) in [7, 11) is 0. The van der Waals surface area contributed by atoms with Crippen LogP contribution in [0.25, 0.3) is 16.6 Å². The quantitative estimate of drug-likeness (QED) is 0.371. The van der Waals surface area contributed by atoms with E-state index in [9.17, 15) is 4.79 Å². The summed E-state index contributed by atoms with van der Waals surface area (Å²) in [6, 6.07) is 20.2. The van der Waals surface area contributed by atoms with Gasteiger partial charge in [-0.05, 0) is 85.8 Å². The molecular formula is C29H33N5O. The summed E-state index contributed by atoms with van der Waals surface area (Å²) in [5.41, 5.74) is 5.40. The zero-order valence-corrected chi connectivity index (χ0v) is 20.3. The maximum Gasteiger partial charge on any atom is 0.319 e. The second-order valence-corrected chi connectivity index (χ2v) is 9.53. The molecule has 0 atom stereocenters. The standard InChI is InChI=1S/C29H33N5O/c1-22-12-16-33(17-13-22)18-14-24-21-34(28-7-3-2-6-27(24)28)26-10-8-25(9-11-26)32-29(35)31-20-23-5-4-15-30-19-23/h2-11,15,19,21-22H,12-14,16-18,20H2,1H3,(H2,31,32,35). The lowest BCUT2D eigenvalue weighted by molar-refractivity contribution is 0.194. The van der Waals surface area contributed by atoms with E-state index in [2.05, 4.69) is 74.6 Å². The molecule has 0 bridgehead atoms. The van der Waals surface area contributed by atoms with Crippen LogP contribution in [0.2, 0.25) is 0 Å². The lowest BCUT2D eigenvalue weighted by Crippen LogP contribution is -2.34. The maximum absolute atomic E-state index is 12.3. The monoisotopic (exact) mass is 467 g/mol. The first-order valence-corrected chi connectivity index (χ1v) is 12.5. The number of aromatic nitrogens is 2. The van der Waals surface area contributed by atoms with E-state index >= 15 is 0 Å². The van der Waals surface area contributed by atoms with Gasteiger partial charge in [-0.25, -0.2) is 4.79 Å². The van der Waals surface area contributed by atoms with Crippen molar-refractivity contribution < 1.29 is 4.79 Å². The van der Waals surface area contributed by atoms with Crippen LogP contribution < -0.4 is 10.6 Å². The van der Waals surface area contributed by atoms with Crippen LogP contribution in [0.4, 0.5) is 10.5 Å². The molecule has 1 fully saturated rings. The Kier molecular flexibility index (Phi) is 7.09. The normalized spacial score (nSPS) is 14.8. The fourth-order valence-electron chi connectivity index (χ4n) is 4.79. The fraction of sp³-hybridized carbons (Fsp3) is 0.310. The summed E-state index contributed by atoms with van der Waals surface area (Å²) in [5, 5.41) is 7.09. The predicted molar refractivity (Wildman–Crippen MR) is 142 cm³/mol. The number of para-hydroxylation sites is 1. The molecule has 5 rings (SSSR count). The highest BCUT2D eigenvalue weighted by Crippen LogP contribution is 2.27. The van der Waals surface area contributed by atoms with Gasteiger partial charge in [0.15, 0.2) is 0 Å². The van der Waals surface area contributed by atoms with Gasteiger partial charge in [0.05, 0.1) is 5.52 Å². The number of anilines is 1. The molecule has 2 N–H and O–H groups in total. The number of urea groups is 1. The van der Waals surface area contributed by atoms with Crippen LogP contribution in [0.15, 0.2) is 79.3 Å². The molecule has 0 spiro atoms. The maximum atomic E-state index is 12.3. The Hall–Kier alpha value is -3.64. The van der Waals surface area contributed by atoms with E-state index in [1.54, 1.807) is 12.4 Å². The first-order chi connectivity index (χ1) is 17.2. The molecule has 6 heteroatoms. The van der Waals surface area contributed by atoms with E-state index < -0.39 is 0 Å². The molecule has 0 aliphatic carbocycles. The van der Waals surface area contributed by atoms with Gasteiger partial charge in [0, 0.05) is 48.4 Å². The second kappa shape index (κ2) is 10.7. The van der Waals surface area contributed by atoms with E-state index in [4.69, 9.17) is 0 Å². The van der Waals surface area contributed by atoms with Crippen molar-refractivity contribution >= 4 is 22.6 Å². The largest absolute Gasteiger partial charge is 0.334 e. The zero-order valence-electron chi connectivity index (χ0n) is 20.3. The Labute approximate surface area is 207 Å². The third kappa shape index (κ3) is 5.72. The fourth-order valence-corrected chi connectivity index (χ4v) is 4.79. The molecule has 0 unspecified atom stereocenters. The Morgan fingerprint density at radius 1 is 1.03 bits per heavy atom. The first kappa shape index (κ1) is 23.1. The third-order valence-electron chi connectivity index (χ3n) is 6.95. The number of hydrogen-bond acceptors (Lipinski definition) is 3. The lowest BCUT2D eigenvalue weighted by Gasteiger charge is -2.30. The van der Waals surface area contributed by atoms with Gasteiger partial charge in [0.1, 0.15) is 0 Å². The molecule has 4 aromatic rings. The third-order valence-corrected chi connectivity index (χ3v) is 6.95. The summed E-state index contributed by atoms with van der Waals surface area (Å²) in [4.78, 5) is 19.0. The van der Waals surface area contributed by atoms with Crippen LogP contribution in [0.5, 0.6) is 0 Å². The summed E-state index contributed by atoms with van der Waals surface area (Å²) in [6.07, 6.45) is 9.42. The highest BCUT2D eigenvalue weighted by Gasteiger charge is 2.16. The SMILES string of the molecule is CC1CCN(CCc2cn(-c3ccc(NC(=O)NCc4cccnc4)cc3)c3ccccc23)CC1. The molecule has 2 aromatic heterocycles. The number of carbonyl (C=O) groups is 1. The number of carbonyl (C=O) groups excluding carboxylic acids is 1. The van der Waals surface area contributed by atoms with E-state index in [1.807, 2.05) is 24.3 Å². The average Bonchev–Trinajstić information content (AvgIpc) is 3.27. The predicted octanol–water partition coefficient (Wildman–Crippen LogP) is 5.62. The number of benzene rings is 2. The number of rotatable bonds is 7. The van der Waals surface area contributed by atoms with Crippen molar-refractivity contribution in [3.63, 3.8) is 0 Å². The number of nitrogens with zero attached hydrogens (tertiary/aromatic N) is 3. The highest BCUT2D eigenvalue weighted by molar-refractivity contribution is 5.89. The summed E-state index contributed by atoms with van der Waals surface area (Å²) in [5.74, 6) is 0.859. The van der Waals surface area contributed by atoms with Gasteiger partial charge in [-0.15, -0.1) is 0 Å². The number of amides is 2. The topological polar surface area (TPSA) is 62.2 Å². The van der Waals surface area contributed by atoms with E-state index in [1.165, 1.54) is 42.4 Å². The Morgan fingerprint density at radius 3 is 2.60 bits per heavy atom. The molecule has 35 heavy (non-hydrogen) atoms. The number of likely N-dealkylation sites (tertiary alicyclic amines) is 1. The average molecular weight is 468 g/mol. The number of fused-ring (bicyclic) bond motifs is 1. The van der Waals surface area contributed by atoms with Gasteiger partial charge in [0.2, 0.25) is 0 Å². The lowest BCUT2D eigenvalue weighted by atomic mass is 9.99. The van der Waals surface area contributed by atoms with Gasteiger partial charge in [-0.3, -0.25) is 4.98 Å². The Balaban J connectivity index is 1.25. The molecule has 6 nitrogen and oxygen atoms in total. The smallest absolute Gasteiger partial charge is 0.319 e. The molecular weight excluding hydrogens is 434 g/mol. The summed E-state index contributed by atoms with van der Waals surface area (Å²) >= 11 is 0.